The summed E-state index contributed by atoms with van der Waals surface area (Å²) in [6.45, 7) is 15.7. The Balaban J connectivity index is 3.05. The van der Waals surface area contributed by atoms with E-state index >= 15 is 0 Å². The lowest BCUT2D eigenvalue weighted by molar-refractivity contribution is -0.118. The second kappa shape index (κ2) is 11.1. The van der Waals surface area contributed by atoms with Gasteiger partial charge in [0.05, 0.1) is 17.0 Å². The van der Waals surface area contributed by atoms with Gasteiger partial charge in [-0.3, -0.25) is 19.7 Å². The van der Waals surface area contributed by atoms with Crippen LogP contribution < -0.4 is 5.32 Å². The van der Waals surface area contributed by atoms with Gasteiger partial charge in [-0.25, -0.2) is 0 Å². The van der Waals surface area contributed by atoms with Crippen LogP contribution in [0.15, 0.2) is 28.5 Å². The molecule has 0 saturated carbocycles. The van der Waals surface area contributed by atoms with E-state index in [1.165, 1.54) is 6.92 Å². The average Bonchev–Trinajstić information content (AvgIpc) is 2.58. The molecule has 1 amide bonds. The molecule has 1 aromatic rings. The van der Waals surface area contributed by atoms with Crippen LogP contribution in [0.4, 0.5) is 0 Å². The van der Waals surface area contributed by atoms with Crippen molar-refractivity contribution in [1.29, 1.82) is 0 Å². The number of aliphatic imine (C=N–C) groups is 1. The number of nitrogens with zero attached hydrogens (tertiary/aromatic N) is 3. The fourth-order valence-corrected chi connectivity index (χ4v) is 2.88. The maximum absolute atomic E-state index is 11.1. The first-order valence-electron chi connectivity index (χ1n) is 9.84. The van der Waals surface area contributed by atoms with E-state index in [9.17, 15) is 9.90 Å². The Morgan fingerprint density at radius 3 is 2.57 bits per heavy atom. The zero-order valence-corrected chi connectivity index (χ0v) is 18.5. The Labute approximate surface area is 169 Å². The summed E-state index contributed by atoms with van der Waals surface area (Å²) in [6, 6.07) is 2.14. The summed E-state index contributed by atoms with van der Waals surface area (Å²) < 4.78 is 0. The van der Waals surface area contributed by atoms with Gasteiger partial charge in [-0.05, 0) is 64.7 Å². The highest BCUT2D eigenvalue weighted by atomic mass is 16.3. The highest BCUT2D eigenvalue weighted by Gasteiger charge is 2.21. The van der Waals surface area contributed by atoms with E-state index in [4.69, 9.17) is 0 Å². The molecule has 0 aliphatic heterocycles. The first kappa shape index (κ1) is 24.0. The van der Waals surface area contributed by atoms with Gasteiger partial charge >= 0.3 is 0 Å². The number of hydrogen-bond acceptors (Lipinski definition) is 5. The van der Waals surface area contributed by atoms with Crippen molar-refractivity contribution in [3.63, 3.8) is 0 Å². The van der Waals surface area contributed by atoms with Gasteiger partial charge in [-0.1, -0.05) is 6.07 Å². The molecule has 6 nitrogen and oxygen atoms in total. The van der Waals surface area contributed by atoms with E-state index in [1.54, 1.807) is 20.1 Å². The van der Waals surface area contributed by atoms with Crippen molar-refractivity contribution in [2.24, 2.45) is 4.99 Å². The van der Waals surface area contributed by atoms with Gasteiger partial charge in [0.1, 0.15) is 0 Å². The molecule has 28 heavy (non-hydrogen) atoms. The molecule has 1 aromatic heterocycles. The summed E-state index contributed by atoms with van der Waals surface area (Å²) in [6.07, 6.45) is 4.48. The average molecular weight is 389 g/mol. The molecule has 0 saturated heterocycles. The third-order valence-electron chi connectivity index (χ3n) is 4.73. The van der Waals surface area contributed by atoms with Crippen LogP contribution in [-0.4, -0.2) is 52.3 Å². The SMILES string of the molecule is CC=N/C(CN(CCCNC(C)=O)Cc1ncc(C)cc1C)=C(\C)C(C)(C)O. The summed E-state index contributed by atoms with van der Waals surface area (Å²) in [5, 5.41) is 13.3. The molecule has 0 fully saturated rings. The predicted octanol–water partition coefficient (Wildman–Crippen LogP) is 3.16. The van der Waals surface area contributed by atoms with Crippen LogP contribution in [0.3, 0.4) is 0 Å². The van der Waals surface area contributed by atoms with Crippen LogP contribution >= 0.6 is 0 Å². The zero-order valence-electron chi connectivity index (χ0n) is 18.5. The molecule has 0 spiro atoms. The van der Waals surface area contributed by atoms with Crippen molar-refractivity contribution in [3.8, 4) is 0 Å². The molecule has 156 valence electrons. The molecule has 0 bridgehead atoms. The van der Waals surface area contributed by atoms with Gasteiger partial charge in [0.15, 0.2) is 0 Å². The molecule has 6 heteroatoms. The third kappa shape index (κ3) is 8.31. The van der Waals surface area contributed by atoms with Gasteiger partial charge in [-0.2, -0.15) is 0 Å². The number of hydrogen-bond donors (Lipinski definition) is 2. The van der Waals surface area contributed by atoms with E-state index < -0.39 is 5.60 Å². The van der Waals surface area contributed by atoms with Crippen LogP contribution in [0.2, 0.25) is 0 Å². The first-order chi connectivity index (χ1) is 13.0. The second-order valence-electron chi connectivity index (χ2n) is 7.84. The summed E-state index contributed by atoms with van der Waals surface area (Å²) in [5.74, 6) is -0.0170. The summed E-state index contributed by atoms with van der Waals surface area (Å²) in [5.41, 5.74) is 4.13. The highest BCUT2D eigenvalue weighted by molar-refractivity contribution is 5.72. The van der Waals surface area contributed by atoms with Crippen LogP contribution in [0, 0.1) is 13.8 Å². The predicted molar refractivity (Wildman–Crippen MR) is 115 cm³/mol. The molecule has 0 aliphatic carbocycles. The van der Waals surface area contributed by atoms with Crippen LogP contribution in [0.25, 0.3) is 0 Å². The lowest BCUT2D eigenvalue weighted by atomic mass is 9.97. The Morgan fingerprint density at radius 1 is 1.36 bits per heavy atom. The quantitative estimate of drug-likeness (QED) is 0.477. The van der Waals surface area contributed by atoms with Crippen molar-refractivity contribution in [1.82, 2.24) is 15.2 Å². The lowest BCUT2D eigenvalue weighted by Gasteiger charge is -2.27. The number of aromatic nitrogens is 1. The Morgan fingerprint density at radius 2 is 2.04 bits per heavy atom. The number of rotatable bonds is 10. The monoisotopic (exact) mass is 388 g/mol. The van der Waals surface area contributed by atoms with E-state index in [0.29, 0.717) is 19.6 Å². The van der Waals surface area contributed by atoms with Crippen LogP contribution in [0.5, 0.6) is 0 Å². The minimum atomic E-state index is -0.929. The minimum absolute atomic E-state index is 0.0170. The molecule has 1 rings (SSSR count). The van der Waals surface area contributed by atoms with E-state index in [-0.39, 0.29) is 5.91 Å². The second-order valence-corrected chi connectivity index (χ2v) is 7.84. The first-order valence-corrected chi connectivity index (χ1v) is 9.84. The molecule has 0 unspecified atom stereocenters. The van der Waals surface area contributed by atoms with Gasteiger partial charge in [-0.15, -0.1) is 0 Å². The molecular weight excluding hydrogens is 352 g/mol. The molecule has 1 heterocycles. The van der Waals surface area contributed by atoms with Crippen LogP contribution in [0.1, 0.15) is 57.9 Å². The maximum atomic E-state index is 11.1. The van der Waals surface area contributed by atoms with Crippen molar-refractivity contribution in [2.45, 2.75) is 67.0 Å². The molecular formula is C22H36N4O2. The van der Waals surface area contributed by atoms with E-state index in [1.807, 2.05) is 27.0 Å². The smallest absolute Gasteiger partial charge is 0.216 e. The van der Waals surface area contributed by atoms with E-state index in [0.717, 1.165) is 41.1 Å². The Kier molecular flexibility index (Phi) is 9.49. The highest BCUT2D eigenvalue weighted by Crippen LogP contribution is 2.21. The largest absolute Gasteiger partial charge is 0.386 e. The minimum Gasteiger partial charge on any atom is -0.386 e. The van der Waals surface area contributed by atoms with Crippen molar-refractivity contribution in [3.05, 3.63) is 40.4 Å². The summed E-state index contributed by atoms with van der Waals surface area (Å²) in [7, 11) is 0. The van der Waals surface area contributed by atoms with Gasteiger partial charge in [0, 0.05) is 45.5 Å². The van der Waals surface area contributed by atoms with Crippen molar-refractivity contribution in [2.75, 3.05) is 19.6 Å². The number of aliphatic hydroxyl groups is 1. The lowest BCUT2D eigenvalue weighted by Crippen LogP contribution is -2.32. The number of aryl methyl sites for hydroxylation is 2. The van der Waals surface area contributed by atoms with Crippen molar-refractivity contribution < 1.29 is 9.90 Å². The zero-order chi connectivity index (χ0) is 21.3. The maximum Gasteiger partial charge on any atom is 0.216 e. The van der Waals surface area contributed by atoms with Gasteiger partial charge < -0.3 is 10.4 Å². The summed E-state index contributed by atoms with van der Waals surface area (Å²) in [4.78, 5) is 22.5. The fraction of sp³-hybridized carbons (Fsp3) is 0.591. The molecule has 0 radical (unpaired) electrons. The van der Waals surface area contributed by atoms with Crippen molar-refractivity contribution >= 4 is 12.1 Å². The molecule has 0 aliphatic rings. The number of nitrogens with one attached hydrogen (secondary N) is 1. The molecule has 0 aromatic carbocycles. The summed E-state index contributed by atoms with van der Waals surface area (Å²) >= 11 is 0. The third-order valence-corrected chi connectivity index (χ3v) is 4.73. The number of carbonyl (C=O) groups is 1. The normalized spacial score (nSPS) is 13.2. The fourth-order valence-electron chi connectivity index (χ4n) is 2.88. The van der Waals surface area contributed by atoms with Gasteiger partial charge in [0.2, 0.25) is 5.91 Å². The molecule has 2 N–H and O–H groups in total. The number of pyridine rings is 1. The van der Waals surface area contributed by atoms with E-state index in [2.05, 4.69) is 33.2 Å². The number of amides is 1. The number of carbonyl (C=O) groups excluding carboxylic acids is 1. The van der Waals surface area contributed by atoms with Crippen LogP contribution in [-0.2, 0) is 11.3 Å². The Bertz CT molecular complexity index is 718. The standard InChI is InChI=1S/C22H36N4O2/c1-8-23-21(18(4)22(6,7)28)15-26(11-9-10-24-19(5)27)14-20-17(3)12-16(2)13-25-20/h8,12-13,28H,9-11,14-15H2,1-7H3,(H,24,27)/b21-18+,23-8?. The van der Waals surface area contributed by atoms with Gasteiger partial charge in [0.25, 0.3) is 0 Å². The topological polar surface area (TPSA) is 77.8 Å². The Hall–Kier alpha value is -2.05. The molecule has 0 atom stereocenters.